The van der Waals surface area contributed by atoms with Crippen molar-refractivity contribution < 1.29 is 4.79 Å². The Bertz CT molecular complexity index is 505. The molecule has 134 valence electrons. The van der Waals surface area contributed by atoms with E-state index in [1.807, 2.05) is 17.3 Å². The van der Waals surface area contributed by atoms with Crippen molar-refractivity contribution in [2.75, 3.05) is 26.2 Å². The van der Waals surface area contributed by atoms with Crippen LogP contribution in [0.4, 0.5) is 0 Å². The summed E-state index contributed by atoms with van der Waals surface area (Å²) in [4.78, 5) is 21.0. The fourth-order valence-electron chi connectivity index (χ4n) is 3.74. The summed E-state index contributed by atoms with van der Waals surface area (Å²) in [5, 5.41) is 0. The van der Waals surface area contributed by atoms with Crippen molar-refractivity contribution in [3.8, 4) is 0 Å². The number of piperazine rings is 1. The zero-order chi connectivity index (χ0) is 16.1. The van der Waals surface area contributed by atoms with Crippen LogP contribution in [-0.4, -0.2) is 52.9 Å². The fraction of sp³-hybridized carbons (Fsp3) is 0.667. The van der Waals surface area contributed by atoms with Crippen LogP contribution in [0.25, 0.3) is 0 Å². The van der Waals surface area contributed by atoms with Gasteiger partial charge in [0.1, 0.15) is 0 Å². The molecule has 2 atom stereocenters. The third kappa shape index (κ3) is 5.16. The second kappa shape index (κ2) is 9.35. The number of halogens is 1. The zero-order valence-corrected chi connectivity index (χ0v) is 15.1. The molecular weight excluding hydrogens is 324 g/mol. The molecule has 3 rings (SSSR count). The highest BCUT2D eigenvalue weighted by Gasteiger charge is 2.28. The molecule has 0 spiro atoms. The van der Waals surface area contributed by atoms with Crippen molar-refractivity contribution in [3.05, 3.63) is 30.1 Å². The average Bonchev–Trinajstić information content (AvgIpc) is 2.58. The van der Waals surface area contributed by atoms with Crippen LogP contribution in [0.5, 0.6) is 0 Å². The van der Waals surface area contributed by atoms with Crippen molar-refractivity contribution in [3.63, 3.8) is 0 Å². The minimum absolute atomic E-state index is 0. The SMILES string of the molecule is Cl.NC1CCCCC1CC(=O)N1CCN(Cc2ccncc2)CC1. The third-order valence-electron chi connectivity index (χ3n) is 5.29. The number of carbonyl (C=O) groups is 1. The standard InChI is InChI=1S/C18H28N4O.ClH/c19-17-4-2-1-3-16(17)13-18(23)22-11-9-21(10-12-22)14-15-5-7-20-8-6-15;/h5-8,16-17H,1-4,9-14,19H2;1H. The first-order valence-corrected chi connectivity index (χ1v) is 8.87. The van der Waals surface area contributed by atoms with E-state index in [0.717, 1.165) is 45.6 Å². The minimum atomic E-state index is 0. The Kier molecular flexibility index (Phi) is 7.46. The van der Waals surface area contributed by atoms with Crippen LogP contribution in [0.3, 0.4) is 0 Å². The van der Waals surface area contributed by atoms with E-state index in [4.69, 9.17) is 5.73 Å². The highest BCUT2D eigenvalue weighted by Crippen LogP contribution is 2.26. The van der Waals surface area contributed by atoms with Crippen LogP contribution in [0.15, 0.2) is 24.5 Å². The Morgan fingerprint density at radius 1 is 1.12 bits per heavy atom. The second-order valence-corrected chi connectivity index (χ2v) is 6.92. The lowest BCUT2D eigenvalue weighted by atomic mass is 9.82. The van der Waals surface area contributed by atoms with Gasteiger partial charge < -0.3 is 10.6 Å². The van der Waals surface area contributed by atoms with Crippen LogP contribution >= 0.6 is 12.4 Å². The van der Waals surface area contributed by atoms with Crippen LogP contribution in [0, 0.1) is 5.92 Å². The first-order valence-electron chi connectivity index (χ1n) is 8.87. The van der Waals surface area contributed by atoms with Gasteiger partial charge in [-0.2, -0.15) is 0 Å². The van der Waals surface area contributed by atoms with Crippen molar-refractivity contribution in [2.24, 2.45) is 11.7 Å². The Morgan fingerprint density at radius 2 is 1.79 bits per heavy atom. The molecule has 2 heterocycles. The molecule has 2 fully saturated rings. The van der Waals surface area contributed by atoms with E-state index in [-0.39, 0.29) is 18.4 Å². The first kappa shape index (κ1) is 19.2. The molecule has 2 N–H and O–H groups in total. The largest absolute Gasteiger partial charge is 0.340 e. The normalized spacial score (nSPS) is 25.1. The van der Waals surface area contributed by atoms with Gasteiger partial charge in [0.05, 0.1) is 0 Å². The maximum atomic E-state index is 12.5. The van der Waals surface area contributed by atoms with Gasteiger partial charge in [-0.1, -0.05) is 12.8 Å². The lowest BCUT2D eigenvalue weighted by Crippen LogP contribution is -2.49. The van der Waals surface area contributed by atoms with Gasteiger partial charge in [0.25, 0.3) is 0 Å². The van der Waals surface area contributed by atoms with Crippen LogP contribution in [0.2, 0.25) is 0 Å². The Labute approximate surface area is 151 Å². The molecule has 2 aliphatic rings. The summed E-state index contributed by atoms with van der Waals surface area (Å²) in [7, 11) is 0. The molecule has 2 unspecified atom stereocenters. The number of pyridine rings is 1. The average molecular weight is 353 g/mol. The molecule has 1 aliphatic heterocycles. The van der Waals surface area contributed by atoms with Gasteiger partial charge in [0.2, 0.25) is 5.91 Å². The van der Waals surface area contributed by atoms with Gasteiger partial charge in [-0.25, -0.2) is 0 Å². The molecule has 1 saturated carbocycles. The van der Waals surface area contributed by atoms with Gasteiger partial charge in [0, 0.05) is 57.6 Å². The Morgan fingerprint density at radius 3 is 2.46 bits per heavy atom. The second-order valence-electron chi connectivity index (χ2n) is 6.92. The molecule has 1 amide bonds. The van der Waals surface area contributed by atoms with Crippen molar-refractivity contribution in [1.29, 1.82) is 0 Å². The molecule has 1 aliphatic carbocycles. The summed E-state index contributed by atoms with van der Waals surface area (Å²) < 4.78 is 0. The number of nitrogens with two attached hydrogens (primary N) is 1. The van der Waals surface area contributed by atoms with E-state index in [9.17, 15) is 4.79 Å². The molecule has 1 saturated heterocycles. The van der Waals surface area contributed by atoms with Gasteiger partial charge in [-0.3, -0.25) is 14.7 Å². The van der Waals surface area contributed by atoms with E-state index in [1.54, 1.807) is 0 Å². The van der Waals surface area contributed by atoms with Gasteiger partial charge in [-0.05, 0) is 36.5 Å². The van der Waals surface area contributed by atoms with Crippen LogP contribution in [0.1, 0.15) is 37.7 Å². The van der Waals surface area contributed by atoms with Gasteiger partial charge in [-0.15, -0.1) is 12.4 Å². The van der Waals surface area contributed by atoms with Gasteiger partial charge >= 0.3 is 0 Å². The molecule has 6 heteroatoms. The van der Waals surface area contributed by atoms with Crippen LogP contribution < -0.4 is 5.73 Å². The third-order valence-corrected chi connectivity index (χ3v) is 5.29. The van der Waals surface area contributed by atoms with Crippen LogP contribution in [-0.2, 0) is 11.3 Å². The maximum absolute atomic E-state index is 12.5. The summed E-state index contributed by atoms with van der Waals surface area (Å²) in [6.07, 6.45) is 8.97. The molecule has 0 radical (unpaired) electrons. The minimum Gasteiger partial charge on any atom is -0.340 e. The first-order chi connectivity index (χ1) is 11.2. The highest BCUT2D eigenvalue weighted by molar-refractivity contribution is 5.85. The molecule has 24 heavy (non-hydrogen) atoms. The smallest absolute Gasteiger partial charge is 0.222 e. The lowest BCUT2D eigenvalue weighted by Gasteiger charge is -2.36. The lowest BCUT2D eigenvalue weighted by molar-refractivity contribution is -0.134. The summed E-state index contributed by atoms with van der Waals surface area (Å²) in [5.41, 5.74) is 7.47. The number of rotatable bonds is 4. The van der Waals surface area contributed by atoms with Crippen molar-refractivity contribution >= 4 is 18.3 Å². The van der Waals surface area contributed by atoms with Gasteiger partial charge in [0.15, 0.2) is 0 Å². The fourth-order valence-corrected chi connectivity index (χ4v) is 3.74. The highest BCUT2D eigenvalue weighted by atomic mass is 35.5. The molecule has 5 nitrogen and oxygen atoms in total. The molecular formula is C18H29ClN4O. The predicted molar refractivity (Wildman–Crippen MR) is 97.9 cm³/mol. The monoisotopic (exact) mass is 352 g/mol. The number of amides is 1. The quantitative estimate of drug-likeness (QED) is 0.900. The summed E-state index contributed by atoms with van der Waals surface area (Å²) in [5.74, 6) is 0.696. The summed E-state index contributed by atoms with van der Waals surface area (Å²) in [6, 6.07) is 4.34. The predicted octanol–water partition coefficient (Wildman–Crippen LogP) is 2.06. The number of nitrogens with zero attached hydrogens (tertiary/aromatic N) is 3. The van der Waals surface area contributed by atoms with Crippen molar-refractivity contribution in [2.45, 2.75) is 44.7 Å². The molecule has 1 aromatic rings. The van der Waals surface area contributed by atoms with E-state index in [0.29, 0.717) is 18.2 Å². The number of carbonyl (C=O) groups excluding carboxylic acids is 1. The molecule has 1 aromatic heterocycles. The topological polar surface area (TPSA) is 62.5 Å². The Balaban J connectivity index is 0.00000208. The Hall–Kier alpha value is -1.17. The molecule has 0 aromatic carbocycles. The van der Waals surface area contributed by atoms with E-state index in [1.165, 1.54) is 18.4 Å². The van der Waals surface area contributed by atoms with E-state index in [2.05, 4.69) is 22.0 Å². The summed E-state index contributed by atoms with van der Waals surface area (Å²) in [6.45, 7) is 4.52. The number of hydrogen-bond donors (Lipinski definition) is 1. The zero-order valence-electron chi connectivity index (χ0n) is 14.3. The maximum Gasteiger partial charge on any atom is 0.222 e. The van der Waals surface area contributed by atoms with Crippen molar-refractivity contribution in [1.82, 2.24) is 14.8 Å². The van der Waals surface area contributed by atoms with E-state index < -0.39 is 0 Å². The number of hydrogen-bond acceptors (Lipinski definition) is 4. The number of aromatic nitrogens is 1. The van der Waals surface area contributed by atoms with E-state index >= 15 is 0 Å². The molecule has 0 bridgehead atoms. The summed E-state index contributed by atoms with van der Waals surface area (Å²) >= 11 is 0.